The van der Waals surface area contributed by atoms with Crippen LogP contribution in [0.25, 0.3) is 22.3 Å². The fraction of sp³-hybridized carbons (Fsp3) is 0.105. The predicted octanol–water partition coefficient (Wildman–Crippen LogP) is 3.73. The van der Waals surface area contributed by atoms with Crippen molar-refractivity contribution < 1.29 is 9.50 Å². The van der Waals surface area contributed by atoms with Gasteiger partial charge in [-0.15, -0.1) is 0 Å². The van der Waals surface area contributed by atoms with E-state index < -0.39 is 6.67 Å². The maximum Gasteiger partial charge on any atom is 0.162 e. The zero-order chi connectivity index (χ0) is 17.9. The number of nitrogens with zero attached hydrogens (tertiary/aromatic N) is 3. The summed E-state index contributed by atoms with van der Waals surface area (Å²) in [6.07, 6.45) is 0. The fourth-order valence-electron chi connectivity index (χ4n) is 2.78. The molecule has 4 aromatic rings. The Bertz CT molecular complexity index is 1060. The van der Waals surface area contributed by atoms with Gasteiger partial charge < -0.3 is 10.4 Å². The first-order chi connectivity index (χ1) is 12.8. The van der Waals surface area contributed by atoms with Crippen LogP contribution in [0.1, 0.15) is 11.3 Å². The Kier molecular flexibility index (Phi) is 4.28. The number of aliphatic hydroxyl groups excluding tert-OH is 1. The van der Waals surface area contributed by atoms with E-state index in [1.807, 2.05) is 30.3 Å². The van der Waals surface area contributed by atoms with Crippen molar-refractivity contribution in [3.05, 3.63) is 65.9 Å². The molecule has 0 amide bonds. The highest BCUT2D eigenvalue weighted by Crippen LogP contribution is 2.28. The lowest BCUT2D eigenvalue weighted by molar-refractivity contribution is 0.276. The number of H-pyrrole nitrogens is 1. The first-order valence-corrected chi connectivity index (χ1v) is 8.11. The number of alkyl halides is 1. The number of hydrogen-bond acceptors (Lipinski definition) is 5. The van der Waals surface area contributed by atoms with Crippen molar-refractivity contribution >= 4 is 22.5 Å². The standard InChI is InChI=1S/C19H16FN5O/c20-10-12-5-1-2-6-14(12)18-21-16-8-4-3-7-15(16)19(23-18)22-17-9-13(11-26)24-25-17/h1-9,26H,10-11H2,(H2,21,22,23,24,25). The van der Waals surface area contributed by atoms with Crippen molar-refractivity contribution in [3.63, 3.8) is 0 Å². The first kappa shape index (κ1) is 16.2. The van der Waals surface area contributed by atoms with Crippen LogP contribution in [0.15, 0.2) is 54.6 Å². The van der Waals surface area contributed by atoms with Crippen molar-refractivity contribution in [2.75, 3.05) is 5.32 Å². The summed E-state index contributed by atoms with van der Waals surface area (Å²) in [7, 11) is 0. The fourth-order valence-corrected chi connectivity index (χ4v) is 2.78. The smallest absolute Gasteiger partial charge is 0.162 e. The van der Waals surface area contributed by atoms with Crippen LogP contribution in [0, 0.1) is 0 Å². The Morgan fingerprint density at radius 1 is 1.04 bits per heavy atom. The largest absolute Gasteiger partial charge is 0.390 e. The molecule has 26 heavy (non-hydrogen) atoms. The maximum atomic E-state index is 13.4. The van der Waals surface area contributed by atoms with Gasteiger partial charge in [0.1, 0.15) is 12.5 Å². The van der Waals surface area contributed by atoms with Crippen molar-refractivity contribution in [2.45, 2.75) is 13.3 Å². The molecule has 2 heterocycles. The number of aromatic amines is 1. The van der Waals surface area contributed by atoms with Gasteiger partial charge in [-0.25, -0.2) is 14.4 Å². The highest BCUT2D eigenvalue weighted by Gasteiger charge is 2.13. The average molecular weight is 349 g/mol. The molecule has 0 saturated carbocycles. The molecule has 4 rings (SSSR count). The zero-order valence-electron chi connectivity index (χ0n) is 13.8. The second kappa shape index (κ2) is 6.89. The van der Waals surface area contributed by atoms with Gasteiger partial charge in [-0.3, -0.25) is 5.10 Å². The molecule has 3 N–H and O–H groups in total. The second-order valence-electron chi connectivity index (χ2n) is 5.77. The van der Waals surface area contributed by atoms with Crippen LogP contribution in [0.2, 0.25) is 0 Å². The highest BCUT2D eigenvalue weighted by atomic mass is 19.1. The molecule has 7 heteroatoms. The summed E-state index contributed by atoms with van der Waals surface area (Å²) in [5.74, 6) is 1.54. The van der Waals surface area contributed by atoms with Crippen LogP contribution in [-0.2, 0) is 13.3 Å². The summed E-state index contributed by atoms with van der Waals surface area (Å²) < 4.78 is 13.4. The van der Waals surface area contributed by atoms with Gasteiger partial charge in [0, 0.05) is 17.0 Å². The van der Waals surface area contributed by atoms with E-state index in [1.54, 1.807) is 24.3 Å². The van der Waals surface area contributed by atoms with E-state index in [0.717, 1.165) is 10.9 Å². The number of fused-ring (bicyclic) bond motifs is 1. The summed E-state index contributed by atoms with van der Waals surface area (Å²) in [5.41, 5.74) is 2.53. The molecule has 6 nitrogen and oxygen atoms in total. The minimum Gasteiger partial charge on any atom is -0.390 e. The number of aliphatic hydroxyl groups is 1. The van der Waals surface area contributed by atoms with Crippen LogP contribution in [0.3, 0.4) is 0 Å². The highest BCUT2D eigenvalue weighted by molar-refractivity contribution is 5.92. The number of hydrogen-bond donors (Lipinski definition) is 3. The van der Waals surface area contributed by atoms with E-state index in [4.69, 9.17) is 0 Å². The van der Waals surface area contributed by atoms with Gasteiger partial charge in [0.05, 0.1) is 17.8 Å². The molecule has 130 valence electrons. The molecule has 0 aliphatic heterocycles. The topological polar surface area (TPSA) is 86.7 Å². The summed E-state index contributed by atoms with van der Waals surface area (Å²) in [6.45, 7) is -0.720. The predicted molar refractivity (Wildman–Crippen MR) is 97.6 cm³/mol. The molecule has 0 radical (unpaired) electrons. The van der Waals surface area contributed by atoms with Gasteiger partial charge in [-0.05, 0) is 17.7 Å². The van der Waals surface area contributed by atoms with Crippen molar-refractivity contribution in [2.24, 2.45) is 0 Å². The van der Waals surface area contributed by atoms with E-state index >= 15 is 0 Å². The Balaban J connectivity index is 1.85. The third-order valence-electron chi connectivity index (χ3n) is 4.05. The van der Waals surface area contributed by atoms with Crippen LogP contribution in [0.5, 0.6) is 0 Å². The molecule has 0 aliphatic carbocycles. The molecule has 0 fully saturated rings. The van der Waals surface area contributed by atoms with Gasteiger partial charge in [0.25, 0.3) is 0 Å². The summed E-state index contributed by atoms with van der Waals surface area (Å²) in [6, 6.07) is 16.4. The maximum absolute atomic E-state index is 13.4. The third kappa shape index (κ3) is 3.00. The van der Waals surface area contributed by atoms with Crippen molar-refractivity contribution in [1.29, 1.82) is 0 Å². The molecule has 0 saturated heterocycles. The number of para-hydroxylation sites is 1. The van der Waals surface area contributed by atoms with Crippen LogP contribution >= 0.6 is 0 Å². The Morgan fingerprint density at radius 3 is 2.65 bits per heavy atom. The van der Waals surface area contributed by atoms with Gasteiger partial charge in [0.2, 0.25) is 0 Å². The number of anilines is 2. The van der Waals surface area contributed by atoms with Gasteiger partial charge >= 0.3 is 0 Å². The third-order valence-corrected chi connectivity index (χ3v) is 4.05. The molecule has 0 bridgehead atoms. The van der Waals surface area contributed by atoms with E-state index in [2.05, 4.69) is 25.5 Å². The van der Waals surface area contributed by atoms with E-state index in [0.29, 0.717) is 34.3 Å². The van der Waals surface area contributed by atoms with Crippen LogP contribution in [-0.4, -0.2) is 25.3 Å². The lowest BCUT2D eigenvalue weighted by Gasteiger charge is -2.11. The molecular formula is C19H16FN5O. The van der Waals surface area contributed by atoms with Crippen LogP contribution < -0.4 is 5.32 Å². The van der Waals surface area contributed by atoms with E-state index in [9.17, 15) is 9.50 Å². The monoisotopic (exact) mass is 349 g/mol. The minimum absolute atomic E-state index is 0.131. The minimum atomic E-state index is -0.589. The lowest BCUT2D eigenvalue weighted by Crippen LogP contribution is -2.00. The Hall–Kier alpha value is -3.32. The number of nitrogens with one attached hydrogen (secondary N) is 2. The second-order valence-corrected chi connectivity index (χ2v) is 5.77. The number of aromatic nitrogens is 4. The molecule has 0 atom stereocenters. The number of rotatable bonds is 5. The molecule has 2 aromatic carbocycles. The quantitative estimate of drug-likeness (QED) is 0.511. The van der Waals surface area contributed by atoms with Gasteiger partial charge in [0.15, 0.2) is 11.6 Å². The van der Waals surface area contributed by atoms with Crippen LogP contribution in [0.4, 0.5) is 16.0 Å². The van der Waals surface area contributed by atoms with Gasteiger partial charge in [-0.1, -0.05) is 36.4 Å². The molecule has 0 aliphatic rings. The normalized spacial score (nSPS) is 11.0. The molecule has 0 spiro atoms. The van der Waals surface area contributed by atoms with Crippen molar-refractivity contribution in [3.8, 4) is 11.4 Å². The summed E-state index contributed by atoms with van der Waals surface area (Å²) in [5, 5.41) is 20.0. The summed E-state index contributed by atoms with van der Waals surface area (Å²) >= 11 is 0. The number of benzene rings is 2. The van der Waals surface area contributed by atoms with E-state index in [-0.39, 0.29) is 6.61 Å². The summed E-state index contributed by atoms with van der Waals surface area (Å²) in [4.78, 5) is 9.20. The first-order valence-electron chi connectivity index (χ1n) is 8.11. The number of halogens is 1. The SMILES string of the molecule is OCc1cc(Nc2nc(-c3ccccc3CF)nc3ccccc23)n[nH]1. The average Bonchev–Trinajstić information content (AvgIpc) is 3.15. The van der Waals surface area contributed by atoms with Crippen molar-refractivity contribution in [1.82, 2.24) is 20.2 Å². The lowest BCUT2D eigenvalue weighted by atomic mass is 10.1. The molecule has 0 unspecified atom stereocenters. The Morgan fingerprint density at radius 2 is 1.85 bits per heavy atom. The molecular weight excluding hydrogens is 333 g/mol. The zero-order valence-corrected chi connectivity index (χ0v) is 13.8. The van der Waals surface area contributed by atoms with Gasteiger partial charge in [-0.2, -0.15) is 5.10 Å². The van der Waals surface area contributed by atoms with E-state index in [1.165, 1.54) is 0 Å². The Labute approximate surface area is 148 Å². The molecule has 2 aromatic heterocycles.